The Labute approximate surface area is 118 Å². The minimum Gasteiger partial charge on any atom is -0.376 e. The molecule has 6 heteroatoms. The van der Waals surface area contributed by atoms with Gasteiger partial charge in [-0.3, -0.25) is 19.8 Å². The lowest BCUT2D eigenvalue weighted by atomic mass is 9.92. The first-order valence-corrected chi connectivity index (χ1v) is 7.28. The smallest absolute Gasteiger partial charge is 0.330 e. The number of carbonyl (C=O) groups excluding carboxylic acids is 3. The fourth-order valence-corrected chi connectivity index (χ4v) is 2.80. The summed E-state index contributed by atoms with van der Waals surface area (Å²) in [7, 11) is 0. The summed E-state index contributed by atoms with van der Waals surface area (Å²) in [4.78, 5) is 36.7. The van der Waals surface area contributed by atoms with Gasteiger partial charge < -0.3 is 4.74 Å². The molecule has 0 spiro atoms. The lowest BCUT2D eigenvalue weighted by Gasteiger charge is -2.32. The highest BCUT2D eigenvalue weighted by Crippen LogP contribution is 2.22. The Bertz CT molecular complexity index is 402. The molecule has 4 amide bonds. The van der Waals surface area contributed by atoms with Crippen LogP contribution in [0.2, 0.25) is 0 Å². The Morgan fingerprint density at radius 1 is 1.25 bits per heavy atom. The van der Waals surface area contributed by atoms with E-state index in [2.05, 4.69) is 5.32 Å². The van der Waals surface area contributed by atoms with Crippen molar-refractivity contribution in [2.75, 3.05) is 13.2 Å². The number of carbonyl (C=O) groups is 3. The zero-order chi connectivity index (χ0) is 14.7. The number of urea groups is 1. The van der Waals surface area contributed by atoms with Crippen molar-refractivity contribution in [3.8, 4) is 0 Å². The first-order chi connectivity index (χ1) is 9.50. The van der Waals surface area contributed by atoms with E-state index in [4.69, 9.17) is 4.74 Å². The maximum Gasteiger partial charge on any atom is 0.330 e. The van der Waals surface area contributed by atoms with Gasteiger partial charge in [-0.25, -0.2) is 4.79 Å². The van der Waals surface area contributed by atoms with Crippen molar-refractivity contribution in [3.63, 3.8) is 0 Å². The number of nitrogens with zero attached hydrogens (tertiary/aromatic N) is 1. The van der Waals surface area contributed by atoms with Crippen LogP contribution in [0.4, 0.5) is 4.79 Å². The van der Waals surface area contributed by atoms with E-state index in [1.54, 1.807) is 13.8 Å². The van der Waals surface area contributed by atoms with E-state index in [1.165, 1.54) is 12.8 Å². The summed E-state index contributed by atoms with van der Waals surface area (Å²) in [5.74, 6) is -1.82. The van der Waals surface area contributed by atoms with Crippen molar-refractivity contribution in [3.05, 3.63) is 0 Å². The molecule has 1 unspecified atom stereocenters. The maximum absolute atomic E-state index is 12.2. The van der Waals surface area contributed by atoms with Crippen LogP contribution in [0.3, 0.4) is 0 Å². The van der Waals surface area contributed by atoms with E-state index in [9.17, 15) is 14.4 Å². The summed E-state index contributed by atoms with van der Waals surface area (Å²) < 4.78 is 5.67. The molecule has 1 aliphatic heterocycles. The molecule has 2 aliphatic rings. The van der Waals surface area contributed by atoms with Gasteiger partial charge in [-0.2, -0.15) is 0 Å². The molecule has 2 rings (SSSR count). The predicted octanol–water partition coefficient (Wildman–Crippen LogP) is 1.30. The molecule has 1 atom stereocenters. The van der Waals surface area contributed by atoms with E-state index in [0.717, 1.165) is 17.7 Å². The van der Waals surface area contributed by atoms with E-state index in [0.29, 0.717) is 6.61 Å². The Morgan fingerprint density at radius 3 is 2.50 bits per heavy atom. The van der Waals surface area contributed by atoms with Gasteiger partial charge in [-0.05, 0) is 18.8 Å². The highest BCUT2D eigenvalue weighted by molar-refractivity contribution is 6.16. The average Bonchev–Trinajstić information content (AvgIpc) is 2.85. The van der Waals surface area contributed by atoms with Crippen LogP contribution < -0.4 is 5.32 Å². The van der Waals surface area contributed by atoms with Crippen LogP contribution in [0.15, 0.2) is 0 Å². The SMILES string of the molecule is CC(C)C1C(=O)NC(=O)N(CCOC2CCCC2)C1=O. The summed E-state index contributed by atoms with van der Waals surface area (Å²) in [6.07, 6.45) is 4.70. The second-order valence-electron chi connectivity index (χ2n) is 5.78. The Morgan fingerprint density at radius 2 is 1.90 bits per heavy atom. The number of hydrogen-bond donors (Lipinski definition) is 1. The van der Waals surface area contributed by atoms with Crippen LogP contribution in [0, 0.1) is 11.8 Å². The van der Waals surface area contributed by atoms with Gasteiger partial charge in [0.05, 0.1) is 19.3 Å². The van der Waals surface area contributed by atoms with E-state index < -0.39 is 23.8 Å². The number of amides is 4. The molecule has 1 saturated heterocycles. The van der Waals surface area contributed by atoms with E-state index in [1.807, 2.05) is 0 Å². The molecule has 0 aromatic rings. The molecule has 0 aromatic carbocycles. The second-order valence-corrected chi connectivity index (χ2v) is 5.78. The van der Waals surface area contributed by atoms with Gasteiger partial charge >= 0.3 is 6.03 Å². The van der Waals surface area contributed by atoms with Crippen LogP contribution in [-0.4, -0.2) is 42.0 Å². The van der Waals surface area contributed by atoms with E-state index >= 15 is 0 Å². The number of imide groups is 2. The van der Waals surface area contributed by atoms with Gasteiger partial charge in [0, 0.05) is 0 Å². The highest BCUT2D eigenvalue weighted by Gasteiger charge is 2.41. The molecule has 0 bridgehead atoms. The maximum atomic E-state index is 12.2. The van der Waals surface area contributed by atoms with Gasteiger partial charge in [-0.1, -0.05) is 26.7 Å². The van der Waals surface area contributed by atoms with Crippen LogP contribution >= 0.6 is 0 Å². The van der Waals surface area contributed by atoms with Crippen LogP contribution in [0.5, 0.6) is 0 Å². The van der Waals surface area contributed by atoms with Gasteiger partial charge in [-0.15, -0.1) is 0 Å². The molecule has 2 fully saturated rings. The van der Waals surface area contributed by atoms with Crippen molar-refractivity contribution in [2.24, 2.45) is 11.8 Å². The molecule has 1 aliphatic carbocycles. The van der Waals surface area contributed by atoms with Crippen molar-refractivity contribution in [2.45, 2.75) is 45.6 Å². The fourth-order valence-electron chi connectivity index (χ4n) is 2.80. The average molecular weight is 282 g/mol. The standard InChI is InChI=1S/C14H22N2O4/c1-9(2)11-12(17)15-14(19)16(13(11)18)7-8-20-10-5-3-4-6-10/h9-11H,3-8H2,1-2H3,(H,15,17,19). The summed E-state index contributed by atoms with van der Waals surface area (Å²) >= 11 is 0. The van der Waals surface area contributed by atoms with Crippen molar-refractivity contribution in [1.82, 2.24) is 10.2 Å². The van der Waals surface area contributed by atoms with Gasteiger partial charge in [0.25, 0.3) is 0 Å². The number of rotatable bonds is 5. The van der Waals surface area contributed by atoms with Crippen LogP contribution in [0.25, 0.3) is 0 Å². The second kappa shape index (κ2) is 6.35. The molecule has 112 valence electrons. The number of nitrogens with one attached hydrogen (secondary N) is 1. The van der Waals surface area contributed by atoms with Gasteiger partial charge in [0.15, 0.2) is 0 Å². The predicted molar refractivity (Wildman–Crippen MR) is 71.8 cm³/mol. The number of ether oxygens (including phenoxy) is 1. The highest BCUT2D eigenvalue weighted by atomic mass is 16.5. The first kappa shape index (κ1) is 15.0. The molecule has 0 aromatic heterocycles. The fraction of sp³-hybridized carbons (Fsp3) is 0.786. The summed E-state index contributed by atoms with van der Waals surface area (Å²) in [5, 5.41) is 2.24. The Kier molecular flexibility index (Phi) is 4.75. The normalized spacial score (nSPS) is 24.6. The number of hydrogen-bond acceptors (Lipinski definition) is 4. The third-order valence-electron chi connectivity index (χ3n) is 3.93. The molecule has 1 N–H and O–H groups in total. The monoisotopic (exact) mass is 282 g/mol. The molecule has 1 heterocycles. The minimum atomic E-state index is -0.779. The summed E-state index contributed by atoms with van der Waals surface area (Å²) in [6, 6.07) is -0.632. The topological polar surface area (TPSA) is 75.7 Å². The molecular weight excluding hydrogens is 260 g/mol. The van der Waals surface area contributed by atoms with E-state index in [-0.39, 0.29) is 18.6 Å². The molecular formula is C14H22N2O4. The lowest BCUT2D eigenvalue weighted by Crippen LogP contribution is -2.59. The number of barbiturate groups is 1. The van der Waals surface area contributed by atoms with Crippen molar-refractivity contribution < 1.29 is 19.1 Å². The zero-order valence-electron chi connectivity index (χ0n) is 12.1. The zero-order valence-corrected chi connectivity index (χ0v) is 12.1. The van der Waals surface area contributed by atoms with Gasteiger partial charge in [0.2, 0.25) is 11.8 Å². The lowest BCUT2D eigenvalue weighted by molar-refractivity contribution is -0.145. The van der Waals surface area contributed by atoms with Crippen molar-refractivity contribution in [1.29, 1.82) is 0 Å². The Balaban J connectivity index is 1.89. The van der Waals surface area contributed by atoms with Crippen LogP contribution in [-0.2, 0) is 14.3 Å². The first-order valence-electron chi connectivity index (χ1n) is 7.28. The third-order valence-corrected chi connectivity index (χ3v) is 3.93. The van der Waals surface area contributed by atoms with Gasteiger partial charge in [0.1, 0.15) is 5.92 Å². The largest absolute Gasteiger partial charge is 0.376 e. The molecule has 0 radical (unpaired) electrons. The summed E-state index contributed by atoms with van der Waals surface area (Å²) in [5.41, 5.74) is 0. The van der Waals surface area contributed by atoms with Crippen LogP contribution in [0.1, 0.15) is 39.5 Å². The molecule has 1 saturated carbocycles. The Hall–Kier alpha value is -1.43. The summed E-state index contributed by atoms with van der Waals surface area (Å²) in [6.45, 7) is 4.14. The molecule has 6 nitrogen and oxygen atoms in total. The quantitative estimate of drug-likeness (QED) is 0.771. The molecule has 20 heavy (non-hydrogen) atoms. The van der Waals surface area contributed by atoms with Crippen molar-refractivity contribution >= 4 is 17.8 Å². The minimum absolute atomic E-state index is 0.131. The third kappa shape index (κ3) is 3.17.